The zero-order valence-electron chi connectivity index (χ0n) is 34.2. The number of carbonyl (C=O) groups is 2. The maximum absolute atomic E-state index is 11.7. The van der Waals surface area contributed by atoms with Crippen molar-refractivity contribution in [2.45, 2.75) is 52.4 Å². The molecule has 0 saturated heterocycles. The summed E-state index contributed by atoms with van der Waals surface area (Å²) in [5.74, 6) is -3.17. The van der Waals surface area contributed by atoms with E-state index in [1.807, 2.05) is 47.6 Å². The Bertz CT molecular complexity index is 2920. The summed E-state index contributed by atoms with van der Waals surface area (Å²) in [5.41, 5.74) is 13.3. The van der Waals surface area contributed by atoms with Crippen molar-refractivity contribution in [1.82, 2.24) is 54.1 Å². The number of nitrogens with zero attached hydrogens (tertiary/aromatic N) is 17. The van der Waals surface area contributed by atoms with Gasteiger partial charge in [0.25, 0.3) is 17.6 Å². The molecule has 24 heteroatoms. The Morgan fingerprint density at radius 3 is 1.62 bits per heavy atom. The van der Waals surface area contributed by atoms with Crippen LogP contribution in [0.5, 0.6) is 6.01 Å². The van der Waals surface area contributed by atoms with Crippen molar-refractivity contribution < 1.29 is 24.9 Å². The fourth-order valence-corrected chi connectivity index (χ4v) is 6.03. The summed E-state index contributed by atoms with van der Waals surface area (Å²) in [6.45, 7) is 18.7. The first kappa shape index (κ1) is 42.0. The van der Waals surface area contributed by atoms with Crippen LogP contribution in [0.3, 0.4) is 0 Å². The van der Waals surface area contributed by atoms with E-state index in [-0.39, 0.29) is 68.9 Å². The molecule has 316 valence electrons. The maximum Gasteiger partial charge on any atom is 0.335 e. The number of nitrogens with two attached hydrogens (primary N) is 2. The molecule has 0 unspecified atom stereocenters. The molecule has 24 nitrogen and oxygen atoms in total. The number of nitrogen functional groups attached to an aromatic ring is 2. The van der Waals surface area contributed by atoms with E-state index in [2.05, 4.69) is 60.6 Å². The highest BCUT2D eigenvalue weighted by Gasteiger charge is 2.31. The zero-order valence-corrected chi connectivity index (χ0v) is 34.2. The number of rotatable bonds is 10. The Balaban J connectivity index is 1.31. The second-order valence-electron chi connectivity index (χ2n) is 15.6. The molecule has 0 spiro atoms. The molecule has 7 aromatic rings. The molecule has 5 heterocycles. The van der Waals surface area contributed by atoms with Crippen molar-refractivity contribution in [1.29, 1.82) is 5.26 Å². The van der Waals surface area contributed by atoms with Gasteiger partial charge in [-0.1, -0.05) is 53.7 Å². The fourth-order valence-electron chi connectivity index (χ4n) is 6.03. The molecule has 0 fully saturated rings. The molecule has 0 atom stereocenters. The Morgan fingerprint density at radius 1 is 0.714 bits per heavy atom. The number of aromatic hydroxyl groups is 1. The van der Waals surface area contributed by atoms with Gasteiger partial charge in [0.2, 0.25) is 0 Å². The summed E-state index contributed by atoms with van der Waals surface area (Å²) in [4.78, 5) is 39.5. The van der Waals surface area contributed by atoms with Crippen LogP contribution in [-0.2, 0) is 10.8 Å². The number of anilines is 2. The van der Waals surface area contributed by atoms with Crippen LogP contribution in [0.15, 0.2) is 81.4 Å². The van der Waals surface area contributed by atoms with E-state index in [1.165, 1.54) is 58.2 Å². The van der Waals surface area contributed by atoms with E-state index in [0.29, 0.717) is 22.8 Å². The molecule has 0 amide bonds. The molecule has 63 heavy (non-hydrogen) atoms. The van der Waals surface area contributed by atoms with Gasteiger partial charge in [-0.25, -0.2) is 23.8 Å². The summed E-state index contributed by atoms with van der Waals surface area (Å²) in [6.07, 6.45) is 2.53. The molecular formula is C39H35N19O5. The average molecular weight is 850 g/mol. The Kier molecular flexibility index (Phi) is 10.5. The molecule has 0 bridgehead atoms. The van der Waals surface area contributed by atoms with Crippen LogP contribution in [0.4, 0.5) is 40.3 Å². The number of nitriles is 1. The third kappa shape index (κ3) is 7.97. The smallest absolute Gasteiger partial charge is 0.335 e. The normalized spacial score (nSPS) is 11.9. The summed E-state index contributed by atoms with van der Waals surface area (Å²) >= 11 is 0. The number of aromatic nitrogens is 11. The standard InChI is InChI=1S/C39H35N19O5/c1-38(2,3)27-25(49-51-31-21(16-40)17-44-55(31)22-12-8-10-19(14-22)33(59)60)29(41)57(53-27)35-46-36(48-37(63)47-35)58-30(42)26(28(54-58)39(4,5)6)50-52-32-24(43-7)18-45-56(32)23-13-9-11-20(15-23)34(61)62/h8-15,17-18H,41-42H2,1-6H3,(H,59,60)(H,61,62)(H,46,47,48,63). The van der Waals surface area contributed by atoms with Gasteiger partial charge in [0, 0.05) is 10.8 Å². The van der Waals surface area contributed by atoms with Crippen molar-refractivity contribution in [2.75, 3.05) is 11.5 Å². The Morgan fingerprint density at radius 2 is 1.17 bits per heavy atom. The average Bonchev–Trinajstić information content (AvgIpc) is 4.01. The van der Waals surface area contributed by atoms with E-state index in [4.69, 9.17) is 18.0 Å². The van der Waals surface area contributed by atoms with Crippen LogP contribution in [0, 0.1) is 17.9 Å². The predicted molar refractivity (Wildman–Crippen MR) is 222 cm³/mol. The summed E-state index contributed by atoms with van der Waals surface area (Å²) in [5, 5.41) is 75.1. The predicted octanol–water partition coefficient (Wildman–Crippen LogP) is 6.73. The zero-order chi connectivity index (χ0) is 45.5. The minimum Gasteiger partial charge on any atom is -0.479 e. The van der Waals surface area contributed by atoms with Crippen LogP contribution in [0.2, 0.25) is 0 Å². The van der Waals surface area contributed by atoms with E-state index in [0.717, 1.165) is 9.36 Å². The van der Waals surface area contributed by atoms with E-state index in [9.17, 15) is 30.2 Å². The van der Waals surface area contributed by atoms with Crippen LogP contribution >= 0.6 is 0 Å². The highest BCUT2D eigenvalue weighted by molar-refractivity contribution is 5.89. The van der Waals surface area contributed by atoms with Gasteiger partial charge in [-0.3, -0.25) is 0 Å². The largest absolute Gasteiger partial charge is 0.479 e. The first-order valence-corrected chi connectivity index (χ1v) is 18.5. The van der Waals surface area contributed by atoms with E-state index < -0.39 is 28.8 Å². The molecule has 7 N–H and O–H groups in total. The van der Waals surface area contributed by atoms with E-state index >= 15 is 0 Å². The number of azo groups is 2. The van der Waals surface area contributed by atoms with E-state index in [1.54, 1.807) is 12.1 Å². The van der Waals surface area contributed by atoms with Gasteiger partial charge in [-0.05, 0) is 36.4 Å². The SMILES string of the molecule is [C-]#[N+]c1cnn(-c2cccc(C(=O)O)c2)c1N=Nc1c(C(C)(C)C)nn(-c2nc(O)nc(-n3nc(C(C)(C)C)c(N=Nc4c(C#N)cnn4-c4cccc(C(=O)O)c4)c3N)n2)c1N. The molecular weight excluding hydrogens is 815 g/mol. The maximum atomic E-state index is 11.7. The van der Waals surface area contributed by atoms with Crippen LogP contribution in [0.1, 0.15) is 79.2 Å². The highest BCUT2D eigenvalue weighted by atomic mass is 16.4. The number of carboxylic acids is 2. The first-order valence-electron chi connectivity index (χ1n) is 18.5. The second-order valence-corrected chi connectivity index (χ2v) is 15.6. The number of hydrogen-bond acceptors (Lipinski definition) is 17. The van der Waals surface area contributed by atoms with Gasteiger partial charge < -0.3 is 26.8 Å². The summed E-state index contributed by atoms with van der Waals surface area (Å²) in [6, 6.07) is 13.0. The minimum absolute atomic E-state index is 0.0111. The highest BCUT2D eigenvalue weighted by Crippen LogP contribution is 2.41. The number of aromatic carboxylic acids is 2. The summed E-state index contributed by atoms with van der Waals surface area (Å²) in [7, 11) is 0. The molecule has 0 saturated carbocycles. The molecule has 0 radical (unpaired) electrons. The van der Waals surface area contributed by atoms with Gasteiger partial charge in [-0.15, -0.1) is 20.5 Å². The lowest BCUT2D eigenvalue weighted by Crippen LogP contribution is -2.16. The number of carboxylic acid groups (broad SMARTS) is 2. The van der Waals surface area contributed by atoms with Crippen molar-refractivity contribution >= 4 is 52.3 Å². The third-order valence-electron chi connectivity index (χ3n) is 9.06. The first-order chi connectivity index (χ1) is 29.8. The van der Waals surface area contributed by atoms with Gasteiger partial charge in [-0.2, -0.15) is 50.0 Å². The molecule has 0 aliphatic heterocycles. The molecule has 0 aliphatic rings. The van der Waals surface area contributed by atoms with Gasteiger partial charge >= 0.3 is 17.9 Å². The quantitative estimate of drug-likeness (QED) is 0.0703. The van der Waals surface area contributed by atoms with Gasteiger partial charge in [0.05, 0.1) is 52.9 Å². The molecule has 5 aromatic heterocycles. The van der Waals surface area contributed by atoms with Crippen LogP contribution in [-0.4, -0.2) is 81.3 Å². The lowest BCUT2D eigenvalue weighted by molar-refractivity contribution is 0.0686. The minimum atomic E-state index is -1.16. The second kappa shape index (κ2) is 15.8. The molecule has 0 aliphatic carbocycles. The van der Waals surface area contributed by atoms with Gasteiger partial charge in [0.15, 0.2) is 34.6 Å². The Hall–Kier alpha value is -9.19. The summed E-state index contributed by atoms with van der Waals surface area (Å²) < 4.78 is 4.74. The Labute approximate surface area is 356 Å². The van der Waals surface area contributed by atoms with Crippen LogP contribution in [0.25, 0.3) is 28.1 Å². The number of hydrogen-bond donors (Lipinski definition) is 5. The monoisotopic (exact) mass is 849 g/mol. The van der Waals surface area contributed by atoms with Crippen molar-refractivity contribution in [3.05, 3.63) is 100 Å². The van der Waals surface area contributed by atoms with Gasteiger partial charge in [0.1, 0.15) is 11.6 Å². The molecule has 2 aromatic carbocycles. The third-order valence-corrected chi connectivity index (χ3v) is 9.06. The molecule has 7 rings (SSSR count). The van der Waals surface area contributed by atoms with Crippen molar-refractivity contribution in [3.8, 4) is 35.4 Å². The van der Waals surface area contributed by atoms with Crippen molar-refractivity contribution in [3.63, 3.8) is 0 Å². The van der Waals surface area contributed by atoms with Crippen molar-refractivity contribution in [2.24, 2.45) is 20.5 Å². The lowest BCUT2D eigenvalue weighted by Gasteiger charge is -2.15. The van der Waals surface area contributed by atoms with Crippen LogP contribution < -0.4 is 11.5 Å². The number of benzene rings is 2. The topological polar surface area (TPSA) is 334 Å². The lowest BCUT2D eigenvalue weighted by atomic mass is 9.91. The fraction of sp³-hybridized carbons (Fsp3) is 0.205.